The highest BCUT2D eigenvalue weighted by Gasteiger charge is 2.24. The van der Waals surface area contributed by atoms with Gasteiger partial charge in [0.1, 0.15) is 5.82 Å². The Morgan fingerprint density at radius 1 is 1.30 bits per heavy atom. The third-order valence-corrected chi connectivity index (χ3v) is 3.91. The monoisotopic (exact) mass is 314 g/mol. The molecule has 8 heteroatoms. The molecule has 2 aromatic heterocycles. The molecule has 0 spiro atoms. The summed E-state index contributed by atoms with van der Waals surface area (Å²) in [6.07, 6.45) is 6.55. The van der Waals surface area contributed by atoms with Crippen molar-refractivity contribution in [3.05, 3.63) is 42.2 Å². The molecule has 2 aromatic rings. The van der Waals surface area contributed by atoms with Gasteiger partial charge in [0.2, 0.25) is 5.91 Å². The zero-order valence-corrected chi connectivity index (χ0v) is 12.8. The van der Waals surface area contributed by atoms with E-state index in [2.05, 4.69) is 20.5 Å². The van der Waals surface area contributed by atoms with Gasteiger partial charge in [-0.25, -0.2) is 4.98 Å². The first-order valence-electron chi connectivity index (χ1n) is 7.44. The van der Waals surface area contributed by atoms with Crippen LogP contribution in [0.2, 0.25) is 0 Å². The molecule has 0 bridgehead atoms. The van der Waals surface area contributed by atoms with Gasteiger partial charge in [0.25, 0.3) is 5.91 Å². The second kappa shape index (κ2) is 6.55. The van der Waals surface area contributed by atoms with Gasteiger partial charge in [0, 0.05) is 44.9 Å². The maximum absolute atomic E-state index is 12.1. The number of hydrogen-bond donors (Lipinski definition) is 1. The van der Waals surface area contributed by atoms with E-state index in [1.165, 1.54) is 12.4 Å². The van der Waals surface area contributed by atoms with Crippen LogP contribution in [-0.2, 0) is 17.9 Å². The van der Waals surface area contributed by atoms with E-state index in [4.69, 9.17) is 0 Å². The maximum atomic E-state index is 12.1. The standard InChI is InChI=1S/C15H18N6O2/c1-11(22)21-9-12(8-20-5-4-16-14(20)10-21)6-17-15(23)13-2-3-18-19-7-13/h2-5,7,12H,6,8-10H2,1H3,(H,17,23)/t12-/m1/s1. The van der Waals surface area contributed by atoms with Gasteiger partial charge in [-0.2, -0.15) is 10.2 Å². The first-order valence-corrected chi connectivity index (χ1v) is 7.44. The highest BCUT2D eigenvalue weighted by Crippen LogP contribution is 2.15. The Morgan fingerprint density at radius 2 is 2.17 bits per heavy atom. The molecular weight excluding hydrogens is 296 g/mol. The fraction of sp³-hybridized carbons (Fsp3) is 0.400. The quantitative estimate of drug-likeness (QED) is 0.866. The Bertz CT molecular complexity index is 699. The summed E-state index contributed by atoms with van der Waals surface area (Å²) >= 11 is 0. The second-order valence-electron chi connectivity index (χ2n) is 5.60. The lowest BCUT2D eigenvalue weighted by Crippen LogP contribution is -2.38. The van der Waals surface area contributed by atoms with E-state index < -0.39 is 0 Å². The maximum Gasteiger partial charge on any atom is 0.252 e. The fourth-order valence-corrected chi connectivity index (χ4v) is 2.67. The van der Waals surface area contributed by atoms with Crippen LogP contribution in [0.3, 0.4) is 0 Å². The number of carbonyl (C=O) groups excluding carboxylic acids is 2. The molecule has 8 nitrogen and oxygen atoms in total. The van der Waals surface area contributed by atoms with Gasteiger partial charge >= 0.3 is 0 Å². The molecule has 2 amide bonds. The summed E-state index contributed by atoms with van der Waals surface area (Å²) in [6.45, 7) is 3.84. The average molecular weight is 314 g/mol. The number of nitrogens with one attached hydrogen (secondary N) is 1. The van der Waals surface area contributed by atoms with Gasteiger partial charge in [0.05, 0.1) is 24.5 Å². The van der Waals surface area contributed by atoms with Crippen molar-refractivity contribution in [3.8, 4) is 0 Å². The molecule has 0 unspecified atom stereocenters. The minimum absolute atomic E-state index is 0.0103. The number of rotatable bonds is 3. The zero-order valence-electron chi connectivity index (χ0n) is 12.8. The third kappa shape index (κ3) is 3.53. The molecule has 0 radical (unpaired) electrons. The smallest absolute Gasteiger partial charge is 0.252 e. The summed E-state index contributed by atoms with van der Waals surface area (Å²) in [4.78, 5) is 29.9. The van der Waals surface area contributed by atoms with Gasteiger partial charge in [-0.05, 0) is 6.07 Å². The summed E-state index contributed by atoms with van der Waals surface area (Å²) in [6, 6.07) is 1.62. The summed E-state index contributed by atoms with van der Waals surface area (Å²) < 4.78 is 2.04. The lowest BCUT2D eigenvalue weighted by Gasteiger charge is -2.22. The minimum atomic E-state index is -0.190. The van der Waals surface area contributed by atoms with Crippen molar-refractivity contribution < 1.29 is 9.59 Å². The Morgan fingerprint density at radius 3 is 2.91 bits per heavy atom. The highest BCUT2D eigenvalue weighted by molar-refractivity contribution is 5.93. The van der Waals surface area contributed by atoms with Crippen LogP contribution in [-0.4, -0.2) is 49.6 Å². The molecule has 0 saturated heterocycles. The lowest BCUT2D eigenvalue weighted by atomic mass is 10.1. The SMILES string of the molecule is CC(=O)N1Cc2nccn2C[C@@H](CNC(=O)c2ccnnc2)C1. The van der Waals surface area contributed by atoms with E-state index in [1.807, 2.05) is 10.8 Å². The molecular formula is C15H18N6O2. The first-order chi connectivity index (χ1) is 11.1. The average Bonchev–Trinajstić information content (AvgIpc) is 2.91. The Hall–Kier alpha value is -2.77. The molecule has 0 aliphatic carbocycles. The molecule has 0 aromatic carbocycles. The second-order valence-corrected chi connectivity index (χ2v) is 5.60. The summed E-state index contributed by atoms with van der Waals surface area (Å²) in [5, 5.41) is 10.3. The summed E-state index contributed by atoms with van der Waals surface area (Å²) in [5.41, 5.74) is 0.473. The molecule has 23 heavy (non-hydrogen) atoms. The van der Waals surface area contributed by atoms with Crippen molar-refractivity contribution in [1.82, 2.24) is 30.0 Å². The van der Waals surface area contributed by atoms with Crippen LogP contribution < -0.4 is 5.32 Å². The molecule has 120 valence electrons. The van der Waals surface area contributed by atoms with Crippen LogP contribution in [0.25, 0.3) is 0 Å². The van der Waals surface area contributed by atoms with Crippen molar-refractivity contribution in [2.75, 3.05) is 13.1 Å². The number of aromatic nitrogens is 4. The van der Waals surface area contributed by atoms with Gasteiger partial charge in [0.15, 0.2) is 0 Å². The van der Waals surface area contributed by atoms with Gasteiger partial charge in [-0.3, -0.25) is 9.59 Å². The Balaban J connectivity index is 1.67. The fourth-order valence-electron chi connectivity index (χ4n) is 2.67. The van der Waals surface area contributed by atoms with E-state index in [-0.39, 0.29) is 17.7 Å². The Labute approximate surface area is 133 Å². The zero-order chi connectivity index (χ0) is 16.2. The summed E-state index contributed by atoms with van der Waals surface area (Å²) in [5.74, 6) is 0.806. The first kappa shape index (κ1) is 15.1. The van der Waals surface area contributed by atoms with Crippen LogP contribution in [0.4, 0.5) is 0 Å². The largest absolute Gasteiger partial charge is 0.352 e. The highest BCUT2D eigenvalue weighted by atomic mass is 16.2. The normalized spacial score (nSPS) is 17.3. The minimum Gasteiger partial charge on any atom is -0.352 e. The number of carbonyl (C=O) groups is 2. The van der Waals surface area contributed by atoms with Gasteiger partial charge in [-0.15, -0.1) is 0 Å². The molecule has 1 N–H and O–H groups in total. The van der Waals surface area contributed by atoms with Crippen molar-refractivity contribution in [2.45, 2.75) is 20.0 Å². The summed E-state index contributed by atoms with van der Waals surface area (Å²) in [7, 11) is 0. The topological polar surface area (TPSA) is 93.0 Å². The molecule has 3 heterocycles. The predicted molar refractivity (Wildman–Crippen MR) is 81.2 cm³/mol. The molecule has 1 atom stereocenters. The van der Waals surface area contributed by atoms with Crippen molar-refractivity contribution in [1.29, 1.82) is 0 Å². The predicted octanol–water partition coefficient (Wildman–Crippen LogP) is 0.0814. The third-order valence-electron chi connectivity index (χ3n) is 3.91. The lowest BCUT2D eigenvalue weighted by molar-refractivity contribution is -0.130. The van der Waals surface area contributed by atoms with E-state index in [1.54, 1.807) is 24.1 Å². The van der Waals surface area contributed by atoms with Gasteiger partial charge in [-0.1, -0.05) is 0 Å². The molecule has 0 fully saturated rings. The van der Waals surface area contributed by atoms with Crippen LogP contribution in [0.1, 0.15) is 23.1 Å². The number of imidazole rings is 1. The molecule has 1 aliphatic rings. The number of nitrogens with zero attached hydrogens (tertiary/aromatic N) is 5. The van der Waals surface area contributed by atoms with Crippen molar-refractivity contribution in [2.24, 2.45) is 5.92 Å². The van der Waals surface area contributed by atoms with E-state index in [0.29, 0.717) is 31.7 Å². The number of hydrogen-bond acceptors (Lipinski definition) is 5. The van der Waals surface area contributed by atoms with Crippen molar-refractivity contribution in [3.63, 3.8) is 0 Å². The van der Waals surface area contributed by atoms with Crippen molar-refractivity contribution >= 4 is 11.8 Å². The van der Waals surface area contributed by atoms with Crippen LogP contribution in [0, 0.1) is 5.92 Å². The van der Waals surface area contributed by atoms with Crippen LogP contribution >= 0.6 is 0 Å². The molecule has 0 saturated carbocycles. The van der Waals surface area contributed by atoms with E-state index in [0.717, 1.165) is 5.82 Å². The van der Waals surface area contributed by atoms with Crippen LogP contribution in [0.15, 0.2) is 30.9 Å². The van der Waals surface area contributed by atoms with Gasteiger partial charge < -0.3 is 14.8 Å². The molecule has 1 aliphatic heterocycles. The number of amides is 2. The molecule has 3 rings (SSSR count). The number of fused-ring (bicyclic) bond motifs is 1. The van der Waals surface area contributed by atoms with E-state index in [9.17, 15) is 9.59 Å². The van der Waals surface area contributed by atoms with E-state index >= 15 is 0 Å². The Kier molecular flexibility index (Phi) is 4.31. The van der Waals surface area contributed by atoms with Crippen LogP contribution in [0.5, 0.6) is 0 Å².